The molecule has 3 heteroatoms. The van der Waals surface area contributed by atoms with Crippen LogP contribution in [0.2, 0.25) is 0 Å². The van der Waals surface area contributed by atoms with Crippen LogP contribution in [0.15, 0.2) is 0 Å². The van der Waals surface area contributed by atoms with Crippen LogP contribution in [-0.2, 0) is 4.79 Å². The zero-order chi connectivity index (χ0) is 10.0. The fourth-order valence-corrected chi connectivity index (χ4v) is 2.64. The van der Waals surface area contributed by atoms with Gasteiger partial charge in [0, 0.05) is 0 Å². The molecule has 2 rings (SSSR count). The van der Waals surface area contributed by atoms with Crippen LogP contribution in [0, 0.1) is 0 Å². The van der Waals surface area contributed by atoms with Gasteiger partial charge in [-0.25, -0.2) is 0 Å². The van der Waals surface area contributed by atoms with Crippen molar-refractivity contribution in [3.05, 3.63) is 0 Å². The van der Waals surface area contributed by atoms with Crippen molar-refractivity contribution in [2.75, 3.05) is 0 Å². The summed E-state index contributed by atoms with van der Waals surface area (Å²) in [5.74, 6) is 0.172. The van der Waals surface area contributed by atoms with Crippen molar-refractivity contribution >= 4 is 5.91 Å². The van der Waals surface area contributed by atoms with Gasteiger partial charge in [0.1, 0.15) is 0 Å². The van der Waals surface area contributed by atoms with E-state index >= 15 is 0 Å². The van der Waals surface area contributed by atoms with Gasteiger partial charge in [0.15, 0.2) is 0 Å². The van der Waals surface area contributed by atoms with Crippen molar-refractivity contribution in [3.8, 4) is 0 Å². The van der Waals surface area contributed by atoms with Gasteiger partial charge in [0.25, 0.3) is 0 Å². The van der Waals surface area contributed by atoms with E-state index in [0.717, 1.165) is 12.8 Å². The molecule has 0 bridgehead atoms. The monoisotopic (exact) mass is 196 g/mol. The van der Waals surface area contributed by atoms with Crippen LogP contribution < -0.4 is 10.6 Å². The third-order valence-electron chi connectivity index (χ3n) is 3.46. The smallest absolute Gasteiger partial charge is 0.238 e. The Bertz CT molecular complexity index is 219. The van der Waals surface area contributed by atoms with Crippen LogP contribution in [0.3, 0.4) is 0 Å². The van der Waals surface area contributed by atoms with Gasteiger partial charge in [-0.05, 0) is 32.6 Å². The van der Waals surface area contributed by atoms with Crippen LogP contribution in [0.1, 0.15) is 51.9 Å². The van der Waals surface area contributed by atoms with E-state index in [-0.39, 0.29) is 17.6 Å². The van der Waals surface area contributed by atoms with Gasteiger partial charge in [-0.2, -0.15) is 0 Å². The van der Waals surface area contributed by atoms with E-state index in [1.165, 1.54) is 32.1 Å². The molecule has 14 heavy (non-hydrogen) atoms. The normalized spacial score (nSPS) is 32.4. The lowest BCUT2D eigenvalue weighted by Gasteiger charge is -2.31. The molecule has 1 spiro atoms. The molecule has 3 nitrogen and oxygen atoms in total. The molecular formula is C11H20N2O. The van der Waals surface area contributed by atoms with Crippen LogP contribution in [-0.4, -0.2) is 17.6 Å². The minimum atomic E-state index is -0.0586. The van der Waals surface area contributed by atoms with Crippen molar-refractivity contribution in [2.45, 2.75) is 63.6 Å². The summed E-state index contributed by atoms with van der Waals surface area (Å²) in [6.07, 6.45) is 8.66. The first-order valence-electron chi connectivity index (χ1n) is 5.82. The number of nitrogens with one attached hydrogen (secondary N) is 2. The zero-order valence-corrected chi connectivity index (χ0v) is 8.94. The van der Waals surface area contributed by atoms with Gasteiger partial charge in [0.05, 0.1) is 11.7 Å². The molecule has 1 amide bonds. The minimum Gasteiger partial charge on any atom is -0.337 e. The number of rotatable bonds is 0. The van der Waals surface area contributed by atoms with Crippen LogP contribution in [0.4, 0.5) is 0 Å². The molecule has 1 saturated heterocycles. The first kappa shape index (κ1) is 9.97. The van der Waals surface area contributed by atoms with Gasteiger partial charge in [-0.1, -0.05) is 19.3 Å². The van der Waals surface area contributed by atoms with Crippen LogP contribution >= 0.6 is 0 Å². The van der Waals surface area contributed by atoms with Crippen molar-refractivity contribution in [3.63, 3.8) is 0 Å². The Morgan fingerprint density at radius 1 is 1.14 bits per heavy atom. The van der Waals surface area contributed by atoms with E-state index in [9.17, 15) is 4.79 Å². The van der Waals surface area contributed by atoms with E-state index in [1.807, 2.05) is 6.92 Å². The fraction of sp³-hybridized carbons (Fsp3) is 0.909. The molecule has 1 heterocycles. The lowest BCUT2D eigenvalue weighted by Crippen LogP contribution is -2.50. The standard InChI is InChI=1S/C11H20N2O/c1-9-10(14)13-11(12-9)7-5-3-2-4-6-8-11/h9,12H,2-8H2,1H3,(H,13,14). The van der Waals surface area contributed by atoms with E-state index in [4.69, 9.17) is 0 Å². The minimum absolute atomic E-state index is 0.00516. The average molecular weight is 196 g/mol. The molecule has 2 aliphatic rings. The molecule has 1 unspecified atom stereocenters. The quantitative estimate of drug-likeness (QED) is 0.617. The van der Waals surface area contributed by atoms with Crippen LogP contribution in [0.25, 0.3) is 0 Å². The third kappa shape index (κ3) is 1.92. The molecule has 2 N–H and O–H groups in total. The molecule has 80 valence electrons. The molecule has 0 aromatic heterocycles. The maximum Gasteiger partial charge on any atom is 0.238 e. The SMILES string of the molecule is CC1NC2(CCCCCCC2)NC1=O. The molecule has 1 aliphatic heterocycles. The first-order valence-corrected chi connectivity index (χ1v) is 5.82. The Kier molecular flexibility index (Phi) is 2.77. The van der Waals surface area contributed by atoms with Crippen molar-refractivity contribution < 1.29 is 4.79 Å². The highest BCUT2D eigenvalue weighted by atomic mass is 16.2. The highest BCUT2D eigenvalue weighted by molar-refractivity contribution is 5.84. The lowest BCUT2D eigenvalue weighted by atomic mass is 9.91. The Hall–Kier alpha value is -0.570. The topological polar surface area (TPSA) is 41.1 Å². The highest BCUT2D eigenvalue weighted by Gasteiger charge is 2.40. The molecule has 1 aliphatic carbocycles. The molecular weight excluding hydrogens is 176 g/mol. The predicted molar refractivity (Wildman–Crippen MR) is 55.8 cm³/mol. The summed E-state index contributed by atoms with van der Waals surface area (Å²) in [4.78, 5) is 11.5. The number of carbonyl (C=O) groups excluding carboxylic acids is 1. The fourth-order valence-electron chi connectivity index (χ4n) is 2.64. The summed E-state index contributed by atoms with van der Waals surface area (Å²) in [7, 11) is 0. The lowest BCUT2D eigenvalue weighted by molar-refractivity contribution is -0.120. The van der Waals surface area contributed by atoms with Gasteiger partial charge >= 0.3 is 0 Å². The molecule has 1 atom stereocenters. The Labute approximate surface area is 85.6 Å². The molecule has 0 aromatic rings. The second-order valence-corrected chi connectivity index (χ2v) is 4.71. The molecule has 0 radical (unpaired) electrons. The van der Waals surface area contributed by atoms with E-state index < -0.39 is 0 Å². The predicted octanol–water partition coefficient (Wildman–Crippen LogP) is 1.53. The number of hydrogen-bond donors (Lipinski definition) is 2. The van der Waals surface area contributed by atoms with E-state index in [2.05, 4.69) is 10.6 Å². The number of hydrogen-bond acceptors (Lipinski definition) is 2. The summed E-state index contributed by atoms with van der Waals surface area (Å²) in [5.41, 5.74) is -0.0586. The van der Waals surface area contributed by atoms with Crippen LogP contribution in [0.5, 0.6) is 0 Å². The highest BCUT2D eigenvalue weighted by Crippen LogP contribution is 2.27. The molecule has 2 fully saturated rings. The Morgan fingerprint density at radius 2 is 1.71 bits per heavy atom. The summed E-state index contributed by atoms with van der Waals surface area (Å²) in [5, 5.41) is 6.56. The zero-order valence-electron chi connectivity index (χ0n) is 8.94. The number of amides is 1. The van der Waals surface area contributed by atoms with Gasteiger partial charge < -0.3 is 5.32 Å². The van der Waals surface area contributed by atoms with Crippen molar-refractivity contribution in [1.82, 2.24) is 10.6 Å². The summed E-state index contributed by atoms with van der Waals surface area (Å²) in [6, 6.07) is -0.00516. The van der Waals surface area contributed by atoms with E-state index in [0.29, 0.717) is 0 Å². The second kappa shape index (κ2) is 3.89. The number of carbonyl (C=O) groups is 1. The maximum atomic E-state index is 11.5. The first-order chi connectivity index (χ1) is 6.72. The summed E-state index contributed by atoms with van der Waals surface area (Å²) >= 11 is 0. The molecule has 0 aromatic carbocycles. The third-order valence-corrected chi connectivity index (χ3v) is 3.46. The largest absolute Gasteiger partial charge is 0.337 e. The maximum absolute atomic E-state index is 11.5. The van der Waals surface area contributed by atoms with Gasteiger partial charge in [-0.15, -0.1) is 0 Å². The Morgan fingerprint density at radius 3 is 2.21 bits per heavy atom. The average Bonchev–Trinajstić information content (AvgIpc) is 2.38. The van der Waals surface area contributed by atoms with Gasteiger partial charge in [-0.3, -0.25) is 10.1 Å². The van der Waals surface area contributed by atoms with Gasteiger partial charge in [0.2, 0.25) is 5.91 Å². The Balaban J connectivity index is 2.02. The van der Waals surface area contributed by atoms with Crippen molar-refractivity contribution in [2.24, 2.45) is 0 Å². The van der Waals surface area contributed by atoms with Crippen molar-refractivity contribution in [1.29, 1.82) is 0 Å². The summed E-state index contributed by atoms with van der Waals surface area (Å²) < 4.78 is 0. The molecule has 1 saturated carbocycles. The second-order valence-electron chi connectivity index (χ2n) is 4.71. The summed E-state index contributed by atoms with van der Waals surface area (Å²) in [6.45, 7) is 1.95. The van der Waals surface area contributed by atoms with E-state index in [1.54, 1.807) is 0 Å².